The molecule has 1 N–H and O–H groups in total. The molecule has 0 heterocycles. The van der Waals surface area contributed by atoms with Crippen LogP contribution in [0.2, 0.25) is 0 Å². The molecule has 0 unspecified atom stereocenters. The molecule has 0 saturated heterocycles. The number of benzene rings is 1. The first-order chi connectivity index (χ1) is 11.7. The van der Waals surface area contributed by atoms with Crippen molar-refractivity contribution in [2.24, 2.45) is 0 Å². The Morgan fingerprint density at radius 1 is 0.667 bits per heavy atom. The summed E-state index contributed by atoms with van der Waals surface area (Å²) in [5.41, 5.74) is 2.25. The molecule has 0 aliphatic heterocycles. The maximum Gasteiger partial charge on any atom is 0.122 e. The van der Waals surface area contributed by atoms with Crippen molar-refractivity contribution in [1.82, 2.24) is 0 Å². The van der Waals surface area contributed by atoms with Crippen LogP contribution in [0.25, 0.3) is 0 Å². The van der Waals surface area contributed by atoms with Crippen LogP contribution in [0.3, 0.4) is 0 Å². The number of phenols is 1. The third-order valence-corrected chi connectivity index (χ3v) is 5.29. The van der Waals surface area contributed by atoms with Gasteiger partial charge in [-0.2, -0.15) is 0 Å². The summed E-state index contributed by atoms with van der Waals surface area (Å²) in [7, 11) is 0. The van der Waals surface area contributed by atoms with Crippen LogP contribution in [-0.4, -0.2) is 5.11 Å². The Bertz CT molecular complexity index is 405. The molecule has 0 aromatic heterocycles. The van der Waals surface area contributed by atoms with Crippen molar-refractivity contribution in [3.63, 3.8) is 0 Å². The van der Waals surface area contributed by atoms with Crippen LogP contribution in [0.5, 0.6) is 5.75 Å². The van der Waals surface area contributed by atoms with E-state index in [1.165, 1.54) is 77.0 Å². The first kappa shape index (κ1) is 21.5. The van der Waals surface area contributed by atoms with Crippen LogP contribution in [0.15, 0.2) is 16.6 Å². The lowest BCUT2D eigenvalue weighted by atomic mass is 9.98. The Labute approximate surface area is 158 Å². The van der Waals surface area contributed by atoms with Gasteiger partial charge in [-0.3, -0.25) is 0 Å². The van der Waals surface area contributed by atoms with Gasteiger partial charge in [0.2, 0.25) is 0 Å². The summed E-state index contributed by atoms with van der Waals surface area (Å²) in [5.74, 6) is 0.556. The minimum atomic E-state index is 0.556. The van der Waals surface area contributed by atoms with Gasteiger partial charge in [0, 0.05) is 4.47 Å². The molecule has 0 aliphatic carbocycles. The third kappa shape index (κ3) is 9.11. The maximum absolute atomic E-state index is 10.6. The molecular weight excluding hydrogens is 360 g/mol. The highest BCUT2D eigenvalue weighted by Gasteiger charge is 2.09. The Hall–Kier alpha value is -0.500. The van der Waals surface area contributed by atoms with E-state index in [4.69, 9.17) is 0 Å². The van der Waals surface area contributed by atoms with Gasteiger partial charge in [-0.05, 0) is 48.9 Å². The highest BCUT2D eigenvalue weighted by atomic mass is 79.9. The lowest BCUT2D eigenvalue weighted by Gasteiger charge is -2.11. The first-order valence-electron chi connectivity index (χ1n) is 10.2. The van der Waals surface area contributed by atoms with Crippen LogP contribution in [0.4, 0.5) is 0 Å². The van der Waals surface area contributed by atoms with E-state index in [0.29, 0.717) is 5.75 Å². The summed E-state index contributed by atoms with van der Waals surface area (Å²) >= 11 is 3.62. The lowest BCUT2D eigenvalue weighted by molar-refractivity contribution is 0.456. The van der Waals surface area contributed by atoms with Gasteiger partial charge >= 0.3 is 0 Å². The largest absolute Gasteiger partial charge is 0.507 e. The number of hydrogen-bond acceptors (Lipinski definition) is 1. The zero-order valence-corrected chi connectivity index (χ0v) is 17.5. The van der Waals surface area contributed by atoms with Gasteiger partial charge in [0.15, 0.2) is 0 Å². The molecule has 2 heteroatoms. The minimum absolute atomic E-state index is 0.556. The number of aromatic hydroxyl groups is 1. The van der Waals surface area contributed by atoms with E-state index in [2.05, 4.69) is 41.9 Å². The second kappa shape index (κ2) is 13.8. The average molecular weight is 397 g/mol. The van der Waals surface area contributed by atoms with E-state index in [0.717, 1.165) is 28.4 Å². The standard InChI is InChI=1S/C22H37BrO/c1-3-5-7-9-11-13-15-19-17-21(23)18-20(22(19)24)16-14-12-10-8-6-4-2/h17-18,24H,3-16H2,1-2H3. The van der Waals surface area contributed by atoms with E-state index in [1.54, 1.807) is 0 Å². The fourth-order valence-electron chi connectivity index (χ4n) is 3.29. The van der Waals surface area contributed by atoms with Crippen molar-refractivity contribution in [2.45, 2.75) is 104 Å². The fourth-order valence-corrected chi connectivity index (χ4v) is 3.84. The van der Waals surface area contributed by atoms with Crippen LogP contribution in [-0.2, 0) is 12.8 Å². The Kier molecular flexibility index (Phi) is 12.3. The van der Waals surface area contributed by atoms with Crippen molar-refractivity contribution in [3.8, 4) is 5.75 Å². The SMILES string of the molecule is CCCCCCCCc1cc(Br)cc(CCCCCCCC)c1O. The van der Waals surface area contributed by atoms with Gasteiger partial charge in [-0.15, -0.1) is 0 Å². The third-order valence-electron chi connectivity index (χ3n) is 4.83. The molecule has 138 valence electrons. The summed E-state index contributed by atoms with van der Waals surface area (Å²) in [6.45, 7) is 4.51. The number of unbranched alkanes of at least 4 members (excludes halogenated alkanes) is 10. The van der Waals surface area contributed by atoms with Crippen LogP contribution >= 0.6 is 15.9 Å². The minimum Gasteiger partial charge on any atom is -0.507 e. The average Bonchev–Trinajstić information content (AvgIpc) is 2.57. The van der Waals surface area contributed by atoms with Crippen LogP contribution in [0.1, 0.15) is 102 Å². The lowest BCUT2D eigenvalue weighted by Crippen LogP contribution is -1.94. The fraction of sp³-hybridized carbons (Fsp3) is 0.727. The summed E-state index contributed by atoms with van der Waals surface area (Å²) in [4.78, 5) is 0. The Morgan fingerprint density at radius 2 is 1.04 bits per heavy atom. The van der Waals surface area contributed by atoms with Gasteiger partial charge in [0.1, 0.15) is 5.75 Å². The van der Waals surface area contributed by atoms with Crippen molar-refractivity contribution < 1.29 is 5.11 Å². The predicted octanol–water partition coefficient (Wildman–Crippen LogP) is 7.96. The van der Waals surface area contributed by atoms with Gasteiger partial charge in [0.05, 0.1) is 0 Å². The van der Waals surface area contributed by atoms with E-state index in [-0.39, 0.29) is 0 Å². The Balaban J connectivity index is 2.39. The van der Waals surface area contributed by atoms with Crippen molar-refractivity contribution >= 4 is 15.9 Å². The number of aryl methyl sites for hydroxylation is 2. The molecule has 0 saturated carbocycles. The van der Waals surface area contributed by atoms with E-state index >= 15 is 0 Å². The van der Waals surface area contributed by atoms with Crippen molar-refractivity contribution in [1.29, 1.82) is 0 Å². The highest BCUT2D eigenvalue weighted by molar-refractivity contribution is 9.10. The summed E-state index contributed by atoms with van der Waals surface area (Å²) in [6.07, 6.45) is 17.6. The molecule has 0 fully saturated rings. The van der Waals surface area contributed by atoms with Gasteiger partial charge in [-0.1, -0.05) is 94.0 Å². The van der Waals surface area contributed by atoms with E-state index in [1.807, 2.05) is 0 Å². The van der Waals surface area contributed by atoms with Crippen LogP contribution < -0.4 is 0 Å². The quantitative estimate of drug-likeness (QED) is 0.316. The topological polar surface area (TPSA) is 20.2 Å². The van der Waals surface area contributed by atoms with Crippen molar-refractivity contribution in [2.75, 3.05) is 0 Å². The first-order valence-corrected chi connectivity index (χ1v) is 11.0. The number of rotatable bonds is 14. The molecule has 1 nitrogen and oxygen atoms in total. The summed E-state index contributed by atoms with van der Waals surface area (Å²) in [5, 5.41) is 10.6. The van der Waals surface area contributed by atoms with E-state index < -0.39 is 0 Å². The van der Waals surface area contributed by atoms with Crippen LogP contribution in [0, 0.1) is 0 Å². The monoisotopic (exact) mass is 396 g/mol. The zero-order chi connectivity index (χ0) is 17.6. The molecular formula is C22H37BrO. The number of phenolic OH excluding ortho intramolecular Hbond substituents is 1. The normalized spacial score (nSPS) is 11.1. The highest BCUT2D eigenvalue weighted by Crippen LogP contribution is 2.30. The van der Waals surface area contributed by atoms with E-state index in [9.17, 15) is 5.11 Å². The molecule has 1 rings (SSSR count). The summed E-state index contributed by atoms with van der Waals surface area (Å²) < 4.78 is 1.11. The molecule has 0 spiro atoms. The molecule has 24 heavy (non-hydrogen) atoms. The molecule has 0 aliphatic rings. The number of halogens is 1. The van der Waals surface area contributed by atoms with Gasteiger partial charge in [-0.25, -0.2) is 0 Å². The van der Waals surface area contributed by atoms with Crippen molar-refractivity contribution in [3.05, 3.63) is 27.7 Å². The van der Waals surface area contributed by atoms with Gasteiger partial charge in [0.25, 0.3) is 0 Å². The zero-order valence-electron chi connectivity index (χ0n) is 15.9. The number of hydrogen-bond donors (Lipinski definition) is 1. The molecule has 0 radical (unpaired) electrons. The molecule has 1 aromatic rings. The molecule has 0 amide bonds. The summed E-state index contributed by atoms with van der Waals surface area (Å²) in [6, 6.07) is 4.21. The smallest absolute Gasteiger partial charge is 0.122 e. The second-order valence-electron chi connectivity index (χ2n) is 7.11. The Morgan fingerprint density at radius 3 is 1.46 bits per heavy atom. The molecule has 0 bridgehead atoms. The maximum atomic E-state index is 10.6. The molecule has 1 aromatic carbocycles. The predicted molar refractivity (Wildman–Crippen MR) is 110 cm³/mol. The second-order valence-corrected chi connectivity index (χ2v) is 8.02. The van der Waals surface area contributed by atoms with Gasteiger partial charge < -0.3 is 5.11 Å². The molecule has 0 atom stereocenters.